The Morgan fingerprint density at radius 1 is 1.29 bits per heavy atom. The van der Waals surface area contributed by atoms with Crippen molar-refractivity contribution in [1.29, 1.82) is 0 Å². The largest absolute Gasteiger partial charge is 0.467 e. The van der Waals surface area contributed by atoms with Crippen molar-refractivity contribution in [1.82, 2.24) is 15.3 Å². The number of halogens is 3. The monoisotopic (exact) mass is 413 g/mol. The molecule has 1 saturated heterocycles. The fourth-order valence-corrected chi connectivity index (χ4v) is 3.54. The molecule has 0 spiro atoms. The minimum absolute atomic E-state index is 0.113. The van der Waals surface area contributed by atoms with Crippen molar-refractivity contribution in [2.75, 3.05) is 23.3 Å². The second-order valence-corrected chi connectivity index (χ2v) is 7.58. The summed E-state index contributed by atoms with van der Waals surface area (Å²) in [6.45, 7) is 5.77. The van der Waals surface area contributed by atoms with E-state index in [0.29, 0.717) is 37.2 Å². The average Bonchev–Trinajstić information content (AvgIpc) is 3.11. The van der Waals surface area contributed by atoms with Crippen molar-refractivity contribution < 1.29 is 17.6 Å². The van der Waals surface area contributed by atoms with Gasteiger partial charge in [0.25, 0.3) is 0 Å². The minimum atomic E-state index is -4.58. The quantitative estimate of drug-likeness (QED) is 0.733. The van der Waals surface area contributed by atoms with E-state index in [1.54, 1.807) is 12.1 Å². The molecule has 0 amide bonds. The van der Waals surface area contributed by atoms with Gasteiger partial charge in [0.2, 0.25) is 5.95 Å². The third-order valence-corrected chi connectivity index (χ3v) is 4.67. The van der Waals surface area contributed by atoms with Gasteiger partial charge in [-0.3, -0.25) is 0 Å². The topological polar surface area (TPSA) is 66.2 Å². The lowest BCUT2D eigenvalue weighted by Crippen LogP contribution is -2.39. The van der Waals surface area contributed by atoms with Gasteiger partial charge in [-0.25, -0.2) is 4.98 Å². The van der Waals surface area contributed by atoms with Crippen LogP contribution in [0.3, 0.4) is 0 Å². The highest BCUT2D eigenvalue weighted by Crippen LogP contribution is 2.32. The Bertz CT molecular complexity index is 802. The minimum Gasteiger partial charge on any atom is -0.467 e. The van der Waals surface area contributed by atoms with Crippen molar-refractivity contribution in [3.05, 3.63) is 35.9 Å². The Hall–Kier alpha value is -2.36. The van der Waals surface area contributed by atoms with Crippen LogP contribution in [-0.4, -0.2) is 28.2 Å². The zero-order chi connectivity index (χ0) is 20.3. The molecular weight excluding hydrogens is 391 g/mol. The molecule has 0 radical (unpaired) electrons. The highest BCUT2D eigenvalue weighted by atomic mass is 32.1. The summed E-state index contributed by atoms with van der Waals surface area (Å²) < 4.78 is 45.2. The van der Waals surface area contributed by atoms with E-state index in [9.17, 15) is 13.2 Å². The van der Waals surface area contributed by atoms with Crippen LogP contribution in [0.15, 0.2) is 28.9 Å². The van der Waals surface area contributed by atoms with Gasteiger partial charge in [0, 0.05) is 19.2 Å². The van der Waals surface area contributed by atoms with Gasteiger partial charge >= 0.3 is 6.18 Å². The number of anilines is 2. The average molecular weight is 413 g/mol. The number of alkyl halides is 3. The molecule has 3 rings (SSSR count). The maximum Gasteiger partial charge on any atom is 0.433 e. The lowest BCUT2D eigenvalue weighted by molar-refractivity contribution is -0.141. The Morgan fingerprint density at radius 2 is 2.00 bits per heavy atom. The number of nitrogens with one attached hydrogen (secondary N) is 2. The summed E-state index contributed by atoms with van der Waals surface area (Å²) in [5.74, 6) is 1.46. The predicted octanol–water partition coefficient (Wildman–Crippen LogP) is 4.06. The molecule has 2 aromatic heterocycles. The number of thiocarbonyl (C=S) groups is 1. The van der Waals surface area contributed by atoms with Crippen LogP contribution in [0.25, 0.3) is 0 Å². The highest BCUT2D eigenvalue weighted by Gasteiger charge is 2.35. The van der Waals surface area contributed by atoms with Crippen LogP contribution in [-0.2, 0) is 12.7 Å². The lowest BCUT2D eigenvalue weighted by Gasteiger charge is -2.36. The molecule has 1 aliphatic heterocycles. The molecule has 1 aliphatic rings. The Balaban J connectivity index is 1.78. The molecule has 0 aromatic carbocycles. The maximum atomic E-state index is 13.3. The normalized spacial score (nSPS) is 20.1. The number of rotatable bonds is 4. The molecule has 2 N–H and O–H groups in total. The highest BCUT2D eigenvalue weighted by molar-refractivity contribution is 7.80. The molecular formula is C18H22F3N5OS. The second-order valence-electron chi connectivity index (χ2n) is 7.17. The van der Waals surface area contributed by atoms with Gasteiger partial charge in [-0.05, 0) is 42.6 Å². The third kappa shape index (κ3) is 5.34. The number of hydrogen-bond donors (Lipinski definition) is 2. The Morgan fingerprint density at radius 3 is 2.61 bits per heavy atom. The fraction of sp³-hybridized carbons (Fsp3) is 0.500. The molecule has 28 heavy (non-hydrogen) atoms. The van der Waals surface area contributed by atoms with E-state index < -0.39 is 11.9 Å². The summed E-state index contributed by atoms with van der Waals surface area (Å²) in [4.78, 5) is 9.75. The first kappa shape index (κ1) is 20.4. The van der Waals surface area contributed by atoms with Crippen molar-refractivity contribution in [2.24, 2.45) is 11.8 Å². The summed E-state index contributed by atoms with van der Waals surface area (Å²) in [7, 11) is 0. The smallest absolute Gasteiger partial charge is 0.433 e. The standard InChI is InChI=1S/C18H22F3N5OS/c1-11-6-12(2)10-26(9-11)15-7-14(18(19,20)21)23-16(24-15)25-17(28)22-8-13-4-3-5-27-13/h3-5,7,11-12H,6,8-10H2,1-2H3,(H2,22,23,24,25,28)/t11-,12-/m0/s1. The van der Waals surface area contributed by atoms with Crippen molar-refractivity contribution in [3.8, 4) is 0 Å². The molecule has 1 fully saturated rings. The predicted molar refractivity (Wildman–Crippen MR) is 104 cm³/mol. The molecule has 10 heteroatoms. The van der Waals surface area contributed by atoms with Crippen LogP contribution in [0.2, 0.25) is 0 Å². The zero-order valence-corrected chi connectivity index (χ0v) is 16.4. The Labute approximate surface area is 166 Å². The second kappa shape index (κ2) is 8.34. The van der Waals surface area contributed by atoms with E-state index in [1.165, 1.54) is 6.26 Å². The van der Waals surface area contributed by atoms with Crippen LogP contribution in [0, 0.1) is 11.8 Å². The summed E-state index contributed by atoms with van der Waals surface area (Å²) in [5, 5.41) is 5.62. The van der Waals surface area contributed by atoms with E-state index in [-0.39, 0.29) is 16.9 Å². The maximum absolute atomic E-state index is 13.3. The van der Waals surface area contributed by atoms with Crippen LogP contribution in [0.4, 0.5) is 24.9 Å². The van der Waals surface area contributed by atoms with Gasteiger partial charge < -0.3 is 20.0 Å². The van der Waals surface area contributed by atoms with Gasteiger partial charge in [0.15, 0.2) is 10.8 Å². The molecule has 152 valence electrons. The number of piperidine rings is 1. The SMILES string of the molecule is C[C@H]1C[C@H](C)CN(c2cc(C(F)(F)F)nc(NC(=S)NCc3ccco3)n2)C1. The molecule has 0 saturated carbocycles. The van der Waals surface area contributed by atoms with Crippen LogP contribution in [0.1, 0.15) is 31.7 Å². The van der Waals surface area contributed by atoms with Crippen LogP contribution >= 0.6 is 12.2 Å². The molecule has 0 unspecified atom stereocenters. The van der Waals surface area contributed by atoms with Gasteiger partial charge in [0.1, 0.15) is 11.6 Å². The third-order valence-electron chi connectivity index (χ3n) is 4.42. The van der Waals surface area contributed by atoms with E-state index in [0.717, 1.165) is 12.5 Å². The van der Waals surface area contributed by atoms with Gasteiger partial charge in [-0.2, -0.15) is 18.2 Å². The van der Waals surface area contributed by atoms with Gasteiger partial charge in [-0.1, -0.05) is 13.8 Å². The molecule has 2 atom stereocenters. The van der Waals surface area contributed by atoms with Crippen molar-refractivity contribution >= 4 is 29.1 Å². The van der Waals surface area contributed by atoms with Crippen molar-refractivity contribution in [3.63, 3.8) is 0 Å². The first-order chi connectivity index (χ1) is 13.2. The van der Waals surface area contributed by atoms with E-state index >= 15 is 0 Å². The number of hydrogen-bond acceptors (Lipinski definition) is 5. The Kier molecular flexibility index (Phi) is 6.07. The summed E-state index contributed by atoms with van der Waals surface area (Å²) in [6.07, 6.45) is -2.01. The van der Waals surface area contributed by atoms with Crippen molar-refractivity contribution in [2.45, 2.75) is 33.0 Å². The summed E-state index contributed by atoms with van der Waals surface area (Å²) in [6, 6.07) is 4.48. The summed E-state index contributed by atoms with van der Waals surface area (Å²) in [5.41, 5.74) is -1.00. The van der Waals surface area contributed by atoms with Crippen LogP contribution < -0.4 is 15.5 Å². The fourth-order valence-electron chi connectivity index (χ4n) is 3.37. The first-order valence-electron chi connectivity index (χ1n) is 8.99. The summed E-state index contributed by atoms with van der Waals surface area (Å²) >= 11 is 5.14. The number of furan rings is 1. The molecule has 6 nitrogen and oxygen atoms in total. The molecule has 0 aliphatic carbocycles. The lowest BCUT2D eigenvalue weighted by atomic mass is 9.92. The van der Waals surface area contributed by atoms with E-state index in [1.807, 2.05) is 4.90 Å². The van der Waals surface area contributed by atoms with E-state index in [4.69, 9.17) is 16.6 Å². The van der Waals surface area contributed by atoms with Crippen LogP contribution in [0.5, 0.6) is 0 Å². The molecule has 0 bridgehead atoms. The number of nitrogens with zero attached hydrogens (tertiary/aromatic N) is 3. The number of aromatic nitrogens is 2. The first-order valence-corrected chi connectivity index (χ1v) is 9.40. The molecule has 3 heterocycles. The van der Waals surface area contributed by atoms with E-state index in [2.05, 4.69) is 34.4 Å². The van der Waals surface area contributed by atoms with Gasteiger partial charge in [0.05, 0.1) is 12.8 Å². The zero-order valence-electron chi connectivity index (χ0n) is 15.6. The van der Waals surface area contributed by atoms with Gasteiger partial charge in [-0.15, -0.1) is 0 Å². The molecule has 2 aromatic rings.